The molecule has 1 aliphatic rings. The third kappa shape index (κ3) is 4.17. The highest BCUT2D eigenvalue weighted by atomic mass is 32.1. The van der Waals surface area contributed by atoms with Crippen molar-refractivity contribution in [2.45, 2.75) is 12.5 Å². The maximum atomic E-state index is 13.3. The molecule has 150 valence electrons. The van der Waals surface area contributed by atoms with Crippen LogP contribution in [0.1, 0.15) is 15.2 Å². The summed E-state index contributed by atoms with van der Waals surface area (Å²) >= 11 is 1.35. The van der Waals surface area contributed by atoms with E-state index in [0.29, 0.717) is 37.5 Å². The van der Waals surface area contributed by atoms with Gasteiger partial charge in [-0.3, -0.25) is 14.4 Å². The van der Waals surface area contributed by atoms with Crippen molar-refractivity contribution in [3.05, 3.63) is 58.4 Å². The van der Waals surface area contributed by atoms with Crippen LogP contribution in [-0.2, 0) is 16.0 Å². The van der Waals surface area contributed by atoms with Gasteiger partial charge in [0.2, 0.25) is 12.3 Å². The fourth-order valence-corrected chi connectivity index (χ4v) is 4.25. The molecule has 0 unspecified atom stereocenters. The lowest BCUT2D eigenvalue weighted by atomic mass is 10.0. The molecular weight excluding hydrogens is 388 g/mol. The van der Waals surface area contributed by atoms with Gasteiger partial charge in [-0.2, -0.15) is 0 Å². The summed E-state index contributed by atoms with van der Waals surface area (Å²) in [5.41, 5.74) is 1.98. The highest BCUT2D eigenvalue weighted by Crippen LogP contribution is 2.20. The topological polar surface area (TPSA) is 85.5 Å². The molecule has 1 saturated heterocycles. The highest BCUT2D eigenvalue weighted by Gasteiger charge is 2.29. The lowest BCUT2D eigenvalue weighted by Gasteiger charge is -2.34. The zero-order valence-electron chi connectivity index (χ0n) is 15.8. The Labute approximate surface area is 172 Å². The van der Waals surface area contributed by atoms with Crippen LogP contribution in [0.3, 0.4) is 0 Å². The molecule has 0 radical (unpaired) electrons. The molecule has 2 N–H and O–H groups in total. The molecule has 7 nitrogen and oxygen atoms in total. The minimum Gasteiger partial charge on any atom is -0.361 e. The van der Waals surface area contributed by atoms with Gasteiger partial charge in [0, 0.05) is 49.7 Å². The number of aromatic nitrogens is 1. The summed E-state index contributed by atoms with van der Waals surface area (Å²) < 4.78 is 0. The summed E-state index contributed by atoms with van der Waals surface area (Å²) in [5, 5.41) is 5.81. The number of hydrogen-bond donors (Lipinski definition) is 2. The quantitative estimate of drug-likeness (QED) is 0.609. The molecule has 1 fully saturated rings. The first kappa shape index (κ1) is 19.2. The Hall–Kier alpha value is -3.13. The molecule has 0 spiro atoms. The summed E-state index contributed by atoms with van der Waals surface area (Å²) in [6.07, 6.45) is 3.10. The number of H-pyrrole nitrogens is 1. The number of benzene rings is 1. The zero-order valence-corrected chi connectivity index (χ0v) is 16.7. The molecule has 0 saturated carbocycles. The van der Waals surface area contributed by atoms with E-state index in [1.807, 2.05) is 41.9 Å². The molecular formula is C21H22N4O3S. The van der Waals surface area contributed by atoms with Crippen LogP contribution < -0.4 is 5.32 Å². The predicted octanol–water partition coefficient (Wildman–Crippen LogP) is 1.87. The maximum Gasteiger partial charge on any atom is 0.262 e. The molecule has 2 aromatic heterocycles. The van der Waals surface area contributed by atoms with Crippen LogP contribution in [0.15, 0.2) is 48.0 Å². The third-order valence-electron chi connectivity index (χ3n) is 5.22. The number of aromatic amines is 1. The Balaban J connectivity index is 1.55. The van der Waals surface area contributed by atoms with Gasteiger partial charge in [-0.15, -0.1) is 11.3 Å². The second kappa shape index (κ2) is 8.48. The van der Waals surface area contributed by atoms with Gasteiger partial charge in [0.15, 0.2) is 0 Å². The number of carbonyl (C=O) groups excluding carboxylic acids is 3. The molecule has 1 aromatic carbocycles. The van der Waals surface area contributed by atoms with Crippen molar-refractivity contribution in [1.82, 2.24) is 20.1 Å². The van der Waals surface area contributed by atoms with E-state index in [1.54, 1.807) is 15.9 Å². The van der Waals surface area contributed by atoms with E-state index in [0.717, 1.165) is 22.9 Å². The van der Waals surface area contributed by atoms with Crippen molar-refractivity contribution in [3.8, 4) is 0 Å². The van der Waals surface area contributed by atoms with Crippen LogP contribution >= 0.6 is 11.3 Å². The summed E-state index contributed by atoms with van der Waals surface area (Å²) in [5.74, 6) is -0.365. The Bertz CT molecular complexity index is 1010. The van der Waals surface area contributed by atoms with Gasteiger partial charge in [-0.25, -0.2) is 0 Å². The number of piperazine rings is 1. The van der Waals surface area contributed by atoms with Crippen molar-refractivity contribution in [1.29, 1.82) is 0 Å². The standard InChI is InChI=1S/C21H22N4O3S/c26-14-24-7-9-25(10-8-24)21(28)18(23-20(27)19-6-3-11-29-19)12-15-13-22-17-5-2-1-4-16(15)17/h1-6,11,13-14,18,22H,7-10,12H2,(H,23,27)/t18-/m1/s1. The van der Waals surface area contributed by atoms with Crippen LogP contribution in [0.5, 0.6) is 0 Å². The monoisotopic (exact) mass is 410 g/mol. The number of nitrogens with one attached hydrogen (secondary N) is 2. The van der Waals surface area contributed by atoms with E-state index in [2.05, 4.69) is 10.3 Å². The van der Waals surface area contributed by atoms with Gasteiger partial charge >= 0.3 is 0 Å². The van der Waals surface area contributed by atoms with Gasteiger partial charge in [-0.1, -0.05) is 24.3 Å². The molecule has 29 heavy (non-hydrogen) atoms. The lowest BCUT2D eigenvalue weighted by molar-refractivity contribution is -0.136. The van der Waals surface area contributed by atoms with Crippen LogP contribution in [0.2, 0.25) is 0 Å². The van der Waals surface area contributed by atoms with Gasteiger partial charge < -0.3 is 20.1 Å². The lowest BCUT2D eigenvalue weighted by Crippen LogP contribution is -2.55. The van der Waals surface area contributed by atoms with Crippen LogP contribution in [-0.4, -0.2) is 65.2 Å². The molecule has 8 heteroatoms. The van der Waals surface area contributed by atoms with E-state index >= 15 is 0 Å². The Morgan fingerprint density at radius 3 is 2.66 bits per heavy atom. The molecule has 0 bridgehead atoms. The second-order valence-electron chi connectivity index (χ2n) is 7.03. The first-order chi connectivity index (χ1) is 14.2. The second-order valence-corrected chi connectivity index (χ2v) is 7.98. The van der Waals surface area contributed by atoms with Gasteiger partial charge in [-0.05, 0) is 23.1 Å². The fourth-order valence-electron chi connectivity index (χ4n) is 3.63. The number of amides is 3. The fraction of sp³-hybridized carbons (Fsp3) is 0.286. The van der Waals surface area contributed by atoms with Gasteiger partial charge in [0.1, 0.15) is 6.04 Å². The summed E-state index contributed by atoms with van der Waals surface area (Å²) in [4.78, 5) is 44.1. The van der Waals surface area contributed by atoms with E-state index in [1.165, 1.54) is 11.3 Å². The van der Waals surface area contributed by atoms with Gasteiger partial charge in [0.05, 0.1) is 4.88 Å². The van der Waals surface area contributed by atoms with E-state index in [-0.39, 0.29) is 11.8 Å². The number of nitrogens with zero attached hydrogens (tertiary/aromatic N) is 2. The first-order valence-electron chi connectivity index (χ1n) is 9.53. The third-order valence-corrected chi connectivity index (χ3v) is 6.09. The SMILES string of the molecule is O=CN1CCN(C(=O)[C@@H](Cc2c[nH]c3ccccc23)NC(=O)c2cccs2)CC1. The molecule has 3 heterocycles. The molecule has 1 atom stereocenters. The summed E-state index contributed by atoms with van der Waals surface area (Å²) in [7, 11) is 0. The minimum atomic E-state index is -0.674. The van der Waals surface area contributed by atoms with Crippen molar-refractivity contribution >= 4 is 40.5 Å². The number of rotatable bonds is 6. The summed E-state index contributed by atoms with van der Waals surface area (Å²) in [6.45, 7) is 1.95. The molecule has 3 amide bonds. The molecule has 1 aliphatic heterocycles. The Kier molecular flexibility index (Phi) is 5.62. The largest absolute Gasteiger partial charge is 0.361 e. The normalized spacial score (nSPS) is 15.3. The van der Waals surface area contributed by atoms with Crippen LogP contribution in [0.4, 0.5) is 0 Å². The van der Waals surface area contributed by atoms with Crippen molar-refractivity contribution in [2.24, 2.45) is 0 Å². The predicted molar refractivity (Wildman–Crippen MR) is 112 cm³/mol. The Morgan fingerprint density at radius 2 is 1.93 bits per heavy atom. The van der Waals surface area contributed by atoms with E-state index in [4.69, 9.17) is 0 Å². The van der Waals surface area contributed by atoms with Crippen molar-refractivity contribution in [3.63, 3.8) is 0 Å². The Morgan fingerprint density at radius 1 is 1.14 bits per heavy atom. The van der Waals surface area contributed by atoms with Crippen molar-refractivity contribution < 1.29 is 14.4 Å². The minimum absolute atomic E-state index is 0.120. The number of para-hydroxylation sites is 1. The smallest absolute Gasteiger partial charge is 0.262 e. The van der Waals surface area contributed by atoms with Crippen LogP contribution in [0.25, 0.3) is 10.9 Å². The number of fused-ring (bicyclic) bond motifs is 1. The maximum absolute atomic E-state index is 13.3. The van der Waals surface area contributed by atoms with Gasteiger partial charge in [0.25, 0.3) is 5.91 Å². The number of thiophene rings is 1. The van der Waals surface area contributed by atoms with Crippen molar-refractivity contribution in [2.75, 3.05) is 26.2 Å². The highest BCUT2D eigenvalue weighted by molar-refractivity contribution is 7.12. The molecule has 4 rings (SSSR count). The average Bonchev–Trinajstić information content (AvgIpc) is 3.43. The zero-order chi connectivity index (χ0) is 20.2. The van der Waals surface area contributed by atoms with E-state index < -0.39 is 6.04 Å². The average molecular weight is 410 g/mol. The number of hydrogen-bond acceptors (Lipinski definition) is 4. The van der Waals surface area contributed by atoms with E-state index in [9.17, 15) is 14.4 Å². The summed E-state index contributed by atoms with van der Waals surface area (Å²) in [6, 6.07) is 10.8. The first-order valence-corrected chi connectivity index (χ1v) is 10.4. The van der Waals surface area contributed by atoms with Crippen LogP contribution in [0, 0.1) is 0 Å². The number of carbonyl (C=O) groups is 3. The molecule has 3 aromatic rings. The molecule has 0 aliphatic carbocycles.